The summed E-state index contributed by atoms with van der Waals surface area (Å²) in [5, 5.41) is 0. The molecule has 0 aliphatic rings. The van der Waals surface area contributed by atoms with Crippen molar-refractivity contribution in [2.75, 3.05) is 21.3 Å². The molecule has 5 heteroatoms. The first-order chi connectivity index (χ1) is 7.65. The van der Waals surface area contributed by atoms with Crippen LogP contribution in [-0.2, 0) is 11.4 Å². The number of ether oxygens (including phenoxy) is 2. The summed E-state index contributed by atoms with van der Waals surface area (Å²) in [5.41, 5.74) is 4.92. The average molecular weight is 290 g/mol. The van der Waals surface area contributed by atoms with E-state index >= 15 is 0 Å². The number of rotatable bonds is 5. The first-order valence-corrected chi connectivity index (χ1v) is 5.60. The lowest BCUT2D eigenvalue weighted by atomic mass is 10.1. The van der Waals surface area contributed by atoms with E-state index in [1.165, 1.54) is 0 Å². The predicted octanol–water partition coefficient (Wildman–Crippen LogP) is 2.43. The fraction of sp³-hybridized carbons (Fsp3) is 0.455. The third kappa shape index (κ3) is 2.66. The fourth-order valence-corrected chi connectivity index (χ4v) is 2.22. The molecule has 0 unspecified atom stereocenters. The van der Waals surface area contributed by atoms with Crippen LogP contribution in [0.2, 0.25) is 0 Å². The molecule has 0 amide bonds. The van der Waals surface area contributed by atoms with Gasteiger partial charge in [-0.1, -0.05) is 0 Å². The first-order valence-electron chi connectivity index (χ1n) is 4.81. The molecule has 1 rings (SSSR count). The molecule has 0 saturated carbocycles. The van der Waals surface area contributed by atoms with Crippen molar-refractivity contribution in [1.82, 2.24) is 5.48 Å². The Hall–Kier alpha value is -0.780. The molecule has 0 bridgehead atoms. The maximum atomic E-state index is 5.38. The highest BCUT2D eigenvalue weighted by atomic mass is 79.9. The third-order valence-corrected chi connectivity index (χ3v) is 2.91. The highest BCUT2D eigenvalue weighted by Crippen LogP contribution is 2.39. The Labute approximate surface area is 104 Å². The lowest BCUT2D eigenvalue weighted by Gasteiger charge is -2.16. The third-order valence-electron chi connectivity index (χ3n) is 2.32. The lowest BCUT2D eigenvalue weighted by molar-refractivity contribution is 0.0859. The van der Waals surface area contributed by atoms with Gasteiger partial charge in [-0.3, -0.25) is 0 Å². The van der Waals surface area contributed by atoms with Gasteiger partial charge in [-0.15, -0.1) is 0 Å². The van der Waals surface area contributed by atoms with E-state index < -0.39 is 0 Å². The van der Waals surface area contributed by atoms with E-state index in [1.54, 1.807) is 21.3 Å². The van der Waals surface area contributed by atoms with Crippen molar-refractivity contribution >= 4 is 15.9 Å². The van der Waals surface area contributed by atoms with Gasteiger partial charge in [0.1, 0.15) is 0 Å². The van der Waals surface area contributed by atoms with Crippen LogP contribution >= 0.6 is 15.9 Å². The zero-order valence-corrected chi connectivity index (χ0v) is 11.5. The van der Waals surface area contributed by atoms with Gasteiger partial charge in [0.15, 0.2) is 11.5 Å². The zero-order chi connectivity index (χ0) is 12.1. The Balaban J connectivity index is 3.22. The number of aryl methyl sites for hydroxylation is 1. The highest BCUT2D eigenvalue weighted by molar-refractivity contribution is 9.10. The number of hydrogen-bond acceptors (Lipinski definition) is 4. The molecule has 0 atom stereocenters. The summed E-state index contributed by atoms with van der Waals surface area (Å²) in [6.07, 6.45) is 0. The van der Waals surface area contributed by atoms with Crippen LogP contribution in [0.3, 0.4) is 0 Å². The molecule has 16 heavy (non-hydrogen) atoms. The van der Waals surface area contributed by atoms with Crippen LogP contribution in [0.5, 0.6) is 11.5 Å². The molecule has 4 nitrogen and oxygen atoms in total. The van der Waals surface area contributed by atoms with E-state index in [0.29, 0.717) is 12.3 Å². The molecular formula is C11H16BrNO3. The number of benzene rings is 1. The molecule has 0 heterocycles. The van der Waals surface area contributed by atoms with Crippen LogP contribution < -0.4 is 15.0 Å². The topological polar surface area (TPSA) is 39.7 Å². The molecule has 0 aromatic heterocycles. The number of hydrogen-bond donors (Lipinski definition) is 1. The van der Waals surface area contributed by atoms with Crippen molar-refractivity contribution in [1.29, 1.82) is 0 Å². The number of halogens is 1. The van der Waals surface area contributed by atoms with Crippen LogP contribution in [0, 0.1) is 6.92 Å². The predicted molar refractivity (Wildman–Crippen MR) is 65.8 cm³/mol. The largest absolute Gasteiger partial charge is 0.492 e. The van der Waals surface area contributed by atoms with Crippen LogP contribution in [0.25, 0.3) is 0 Å². The Bertz CT molecular complexity index is 369. The van der Waals surface area contributed by atoms with E-state index in [0.717, 1.165) is 21.3 Å². The van der Waals surface area contributed by atoms with Gasteiger partial charge in [0.2, 0.25) is 0 Å². The summed E-state index contributed by atoms with van der Waals surface area (Å²) in [5.74, 6) is 1.42. The second-order valence-corrected chi connectivity index (χ2v) is 4.10. The van der Waals surface area contributed by atoms with Gasteiger partial charge in [-0.25, -0.2) is 0 Å². The summed E-state index contributed by atoms with van der Waals surface area (Å²) in [4.78, 5) is 4.85. The van der Waals surface area contributed by atoms with E-state index in [1.807, 2.05) is 13.0 Å². The van der Waals surface area contributed by atoms with Gasteiger partial charge < -0.3 is 14.3 Å². The second kappa shape index (κ2) is 6.08. The van der Waals surface area contributed by atoms with Gasteiger partial charge in [-0.05, 0) is 34.5 Å². The molecule has 0 aliphatic heterocycles. The quantitative estimate of drug-likeness (QED) is 0.845. The van der Waals surface area contributed by atoms with E-state index in [-0.39, 0.29) is 0 Å². The summed E-state index contributed by atoms with van der Waals surface area (Å²) in [6.45, 7) is 2.58. The highest BCUT2D eigenvalue weighted by Gasteiger charge is 2.16. The van der Waals surface area contributed by atoms with E-state index in [2.05, 4.69) is 21.4 Å². The van der Waals surface area contributed by atoms with E-state index in [4.69, 9.17) is 14.3 Å². The van der Waals surface area contributed by atoms with Gasteiger partial charge in [0, 0.05) is 5.56 Å². The monoisotopic (exact) mass is 289 g/mol. The Morgan fingerprint density at radius 1 is 1.19 bits per heavy atom. The Kier molecular flexibility index (Phi) is 5.05. The smallest absolute Gasteiger partial charge is 0.175 e. The fourth-order valence-electron chi connectivity index (χ4n) is 1.54. The summed E-state index contributed by atoms with van der Waals surface area (Å²) < 4.78 is 11.6. The second-order valence-electron chi connectivity index (χ2n) is 3.25. The van der Waals surface area contributed by atoms with E-state index in [9.17, 15) is 0 Å². The summed E-state index contributed by atoms with van der Waals surface area (Å²) in [6, 6.07) is 1.99. The summed E-state index contributed by atoms with van der Waals surface area (Å²) in [7, 11) is 4.82. The molecule has 0 saturated heterocycles. The average Bonchev–Trinajstić information content (AvgIpc) is 2.27. The standard InChI is InChI=1S/C11H16BrNO3/c1-7-5-9(12)11(15-3)10(14-2)8(7)6-13-16-4/h5,13H,6H2,1-4H3. The molecule has 1 aromatic rings. The first kappa shape index (κ1) is 13.3. The van der Waals surface area contributed by atoms with Crippen molar-refractivity contribution in [3.63, 3.8) is 0 Å². The number of hydroxylamine groups is 1. The van der Waals surface area contributed by atoms with Crippen LogP contribution in [0.15, 0.2) is 10.5 Å². The molecule has 1 N–H and O–H groups in total. The molecule has 0 aliphatic carbocycles. The van der Waals surface area contributed by atoms with Crippen LogP contribution in [-0.4, -0.2) is 21.3 Å². The Morgan fingerprint density at radius 3 is 2.31 bits per heavy atom. The van der Waals surface area contributed by atoms with Gasteiger partial charge in [-0.2, -0.15) is 5.48 Å². The molecule has 90 valence electrons. The van der Waals surface area contributed by atoms with Crippen molar-refractivity contribution in [3.8, 4) is 11.5 Å². The van der Waals surface area contributed by atoms with Gasteiger partial charge in [0.25, 0.3) is 0 Å². The molecule has 0 fully saturated rings. The van der Waals surface area contributed by atoms with Gasteiger partial charge >= 0.3 is 0 Å². The normalized spacial score (nSPS) is 10.3. The summed E-state index contributed by atoms with van der Waals surface area (Å²) >= 11 is 3.44. The minimum atomic E-state index is 0.565. The van der Waals surface area contributed by atoms with Crippen molar-refractivity contribution < 1.29 is 14.3 Å². The molecular weight excluding hydrogens is 274 g/mol. The van der Waals surface area contributed by atoms with Crippen LogP contribution in [0.1, 0.15) is 11.1 Å². The Morgan fingerprint density at radius 2 is 1.81 bits per heavy atom. The van der Waals surface area contributed by atoms with Crippen LogP contribution in [0.4, 0.5) is 0 Å². The maximum absolute atomic E-state index is 5.38. The number of methoxy groups -OCH3 is 2. The maximum Gasteiger partial charge on any atom is 0.175 e. The SMILES string of the molecule is CONCc1c(C)cc(Br)c(OC)c1OC. The molecule has 0 radical (unpaired) electrons. The molecule has 1 aromatic carbocycles. The van der Waals surface area contributed by atoms with Crippen molar-refractivity contribution in [2.24, 2.45) is 0 Å². The molecule has 0 spiro atoms. The minimum Gasteiger partial charge on any atom is -0.492 e. The van der Waals surface area contributed by atoms with Crippen molar-refractivity contribution in [2.45, 2.75) is 13.5 Å². The van der Waals surface area contributed by atoms with Gasteiger partial charge in [0.05, 0.1) is 32.3 Å². The lowest BCUT2D eigenvalue weighted by Crippen LogP contribution is -2.13. The number of nitrogens with one attached hydrogen (secondary N) is 1. The van der Waals surface area contributed by atoms with Crippen molar-refractivity contribution in [3.05, 3.63) is 21.7 Å². The minimum absolute atomic E-state index is 0.565. The zero-order valence-electron chi connectivity index (χ0n) is 9.89.